The first-order valence-electron chi connectivity index (χ1n) is 8.20. The van der Waals surface area contributed by atoms with Crippen LogP contribution < -0.4 is 10.2 Å². The quantitative estimate of drug-likeness (QED) is 0.917. The Kier molecular flexibility index (Phi) is 5.24. The summed E-state index contributed by atoms with van der Waals surface area (Å²) in [5, 5.41) is 3.42. The van der Waals surface area contributed by atoms with E-state index < -0.39 is 0 Å². The molecular weight excluding hydrogens is 338 g/mol. The minimum absolute atomic E-state index is 0.0158. The summed E-state index contributed by atoms with van der Waals surface area (Å²) in [6.45, 7) is 4.27. The maximum atomic E-state index is 12.7. The van der Waals surface area contributed by atoms with Gasteiger partial charge in [-0.15, -0.1) is 0 Å². The van der Waals surface area contributed by atoms with Crippen molar-refractivity contribution in [2.75, 3.05) is 36.4 Å². The topological polar surface area (TPSA) is 52.7 Å². The number of carbonyl (C=O) groups excluding carboxylic acids is 2. The zero-order valence-electron chi connectivity index (χ0n) is 14.0. The number of anilines is 2. The predicted octanol–water partition coefficient (Wildman–Crippen LogP) is 3.26. The number of carbonyl (C=O) groups is 2. The van der Waals surface area contributed by atoms with Gasteiger partial charge < -0.3 is 15.1 Å². The molecule has 0 radical (unpaired) electrons. The van der Waals surface area contributed by atoms with Crippen molar-refractivity contribution in [3.05, 3.63) is 59.1 Å². The highest BCUT2D eigenvalue weighted by Gasteiger charge is 2.22. The van der Waals surface area contributed by atoms with Crippen LogP contribution in [-0.4, -0.2) is 42.9 Å². The second-order valence-electron chi connectivity index (χ2n) is 6.02. The average Bonchev–Trinajstić information content (AvgIpc) is 2.61. The Hall–Kier alpha value is -2.53. The van der Waals surface area contributed by atoms with Gasteiger partial charge in [-0.25, -0.2) is 0 Å². The first-order valence-corrected chi connectivity index (χ1v) is 8.58. The number of amides is 2. The molecule has 2 aromatic carbocycles. The lowest BCUT2D eigenvalue weighted by molar-refractivity contribution is -0.114. The molecule has 6 heteroatoms. The van der Waals surface area contributed by atoms with Gasteiger partial charge in [0.15, 0.2) is 0 Å². The van der Waals surface area contributed by atoms with Crippen LogP contribution in [0.25, 0.3) is 0 Å². The highest BCUT2D eigenvalue weighted by atomic mass is 35.5. The first-order chi connectivity index (χ1) is 12.0. The Bertz CT molecular complexity index is 786. The highest BCUT2D eigenvalue weighted by molar-refractivity contribution is 6.30. The number of benzene rings is 2. The molecule has 130 valence electrons. The summed E-state index contributed by atoms with van der Waals surface area (Å²) >= 11 is 6.05. The summed E-state index contributed by atoms with van der Waals surface area (Å²) < 4.78 is 0. The molecule has 0 unspecified atom stereocenters. The monoisotopic (exact) mass is 357 g/mol. The van der Waals surface area contributed by atoms with Crippen molar-refractivity contribution < 1.29 is 9.59 Å². The van der Waals surface area contributed by atoms with E-state index in [4.69, 9.17) is 11.6 Å². The van der Waals surface area contributed by atoms with Gasteiger partial charge in [-0.2, -0.15) is 0 Å². The number of hydrogen-bond donors (Lipinski definition) is 1. The molecule has 2 aromatic rings. The zero-order chi connectivity index (χ0) is 17.8. The van der Waals surface area contributed by atoms with Gasteiger partial charge in [0.25, 0.3) is 5.91 Å². The smallest absolute Gasteiger partial charge is 0.254 e. The Morgan fingerprint density at radius 1 is 1.00 bits per heavy atom. The lowest BCUT2D eigenvalue weighted by Crippen LogP contribution is -2.48. The maximum absolute atomic E-state index is 12.7. The summed E-state index contributed by atoms with van der Waals surface area (Å²) in [7, 11) is 0. The van der Waals surface area contributed by atoms with Crippen LogP contribution in [-0.2, 0) is 4.79 Å². The second-order valence-corrected chi connectivity index (χ2v) is 6.46. The molecule has 3 rings (SSSR count). The van der Waals surface area contributed by atoms with Gasteiger partial charge in [0, 0.05) is 55.1 Å². The third kappa shape index (κ3) is 4.31. The fourth-order valence-electron chi connectivity index (χ4n) is 2.96. The molecule has 0 atom stereocenters. The van der Waals surface area contributed by atoms with Gasteiger partial charge in [-0.1, -0.05) is 23.7 Å². The van der Waals surface area contributed by atoms with E-state index in [0.29, 0.717) is 29.4 Å². The SMILES string of the molecule is CC(=O)Nc1cccc(C(=O)N2CCN(c3cccc(Cl)c3)CC2)c1. The molecule has 0 spiro atoms. The number of rotatable bonds is 3. The molecule has 1 aliphatic rings. The van der Waals surface area contributed by atoms with E-state index in [9.17, 15) is 9.59 Å². The number of nitrogens with zero attached hydrogens (tertiary/aromatic N) is 2. The Morgan fingerprint density at radius 3 is 2.40 bits per heavy atom. The van der Waals surface area contributed by atoms with Crippen molar-refractivity contribution in [2.45, 2.75) is 6.92 Å². The molecule has 2 amide bonds. The molecule has 1 aliphatic heterocycles. The van der Waals surface area contributed by atoms with Gasteiger partial charge >= 0.3 is 0 Å². The molecule has 0 aromatic heterocycles. The molecule has 0 saturated carbocycles. The number of nitrogens with one attached hydrogen (secondary N) is 1. The van der Waals surface area contributed by atoms with Crippen LogP contribution >= 0.6 is 11.6 Å². The van der Waals surface area contributed by atoms with E-state index in [0.717, 1.165) is 18.8 Å². The first kappa shape index (κ1) is 17.3. The van der Waals surface area contributed by atoms with E-state index in [1.165, 1.54) is 6.92 Å². The van der Waals surface area contributed by atoms with Crippen LogP contribution in [0.4, 0.5) is 11.4 Å². The van der Waals surface area contributed by atoms with Gasteiger partial charge in [-0.3, -0.25) is 9.59 Å². The normalized spacial score (nSPS) is 14.3. The van der Waals surface area contributed by atoms with E-state index in [2.05, 4.69) is 10.2 Å². The standard InChI is InChI=1S/C19H20ClN3O2/c1-14(24)21-17-6-2-4-15(12-17)19(25)23-10-8-22(9-11-23)18-7-3-5-16(20)13-18/h2-7,12-13H,8-11H2,1H3,(H,21,24). The van der Waals surface area contributed by atoms with Crippen molar-refractivity contribution in [3.63, 3.8) is 0 Å². The van der Waals surface area contributed by atoms with Crippen LogP contribution in [0.15, 0.2) is 48.5 Å². The van der Waals surface area contributed by atoms with Gasteiger partial charge in [0.2, 0.25) is 5.91 Å². The van der Waals surface area contributed by atoms with E-state index in [1.807, 2.05) is 29.2 Å². The maximum Gasteiger partial charge on any atom is 0.254 e. The zero-order valence-corrected chi connectivity index (χ0v) is 14.8. The Labute approximate surface area is 152 Å². The molecule has 25 heavy (non-hydrogen) atoms. The largest absolute Gasteiger partial charge is 0.368 e. The third-order valence-electron chi connectivity index (χ3n) is 4.17. The van der Waals surface area contributed by atoms with E-state index >= 15 is 0 Å². The number of piperazine rings is 1. The lowest BCUT2D eigenvalue weighted by atomic mass is 10.1. The highest BCUT2D eigenvalue weighted by Crippen LogP contribution is 2.21. The fraction of sp³-hybridized carbons (Fsp3) is 0.263. The van der Waals surface area contributed by atoms with Gasteiger partial charge in [0.1, 0.15) is 0 Å². The summed E-state index contributed by atoms with van der Waals surface area (Å²) in [6, 6.07) is 14.8. The predicted molar refractivity (Wildman–Crippen MR) is 100 cm³/mol. The Balaban J connectivity index is 1.64. The Morgan fingerprint density at radius 2 is 1.72 bits per heavy atom. The second kappa shape index (κ2) is 7.57. The van der Waals surface area contributed by atoms with E-state index in [1.54, 1.807) is 24.3 Å². The molecular formula is C19H20ClN3O2. The van der Waals surface area contributed by atoms with Gasteiger partial charge in [0.05, 0.1) is 0 Å². The summed E-state index contributed by atoms with van der Waals surface area (Å²) in [5.41, 5.74) is 2.30. The summed E-state index contributed by atoms with van der Waals surface area (Å²) in [5.74, 6) is -0.169. The van der Waals surface area contributed by atoms with Crippen molar-refractivity contribution in [1.82, 2.24) is 4.90 Å². The van der Waals surface area contributed by atoms with Crippen LogP contribution in [0.2, 0.25) is 5.02 Å². The average molecular weight is 358 g/mol. The summed E-state index contributed by atoms with van der Waals surface area (Å²) in [6.07, 6.45) is 0. The number of halogens is 1. The number of hydrogen-bond acceptors (Lipinski definition) is 3. The molecule has 0 aliphatic carbocycles. The van der Waals surface area contributed by atoms with Crippen molar-refractivity contribution in [2.24, 2.45) is 0 Å². The molecule has 1 saturated heterocycles. The van der Waals surface area contributed by atoms with Crippen LogP contribution in [0.5, 0.6) is 0 Å². The summed E-state index contributed by atoms with van der Waals surface area (Å²) in [4.78, 5) is 27.9. The van der Waals surface area contributed by atoms with Crippen molar-refractivity contribution in [1.29, 1.82) is 0 Å². The van der Waals surface area contributed by atoms with Gasteiger partial charge in [-0.05, 0) is 36.4 Å². The van der Waals surface area contributed by atoms with E-state index in [-0.39, 0.29) is 11.8 Å². The fourth-order valence-corrected chi connectivity index (χ4v) is 3.14. The minimum atomic E-state index is -0.153. The molecule has 1 N–H and O–H groups in total. The van der Waals surface area contributed by atoms with Crippen LogP contribution in [0, 0.1) is 0 Å². The van der Waals surface area contributed by atoms with Crippen LogP contribution in [0.3, 0.4) is 0 Å². The third-order valence-corrected chi connectivity index (χ3v) is 4.41. The molecule has 5 nitrogen and oxygen atoms in total. The molecule has 0 bridgehead atoms. The van der Waals surface area contributed by atoms with Crippen LogP contribution in [0.1, 0.15) is 17.3 Å². The molecule has 1 fully saturated rings. The lowest BCUT2D eigenvalue weighted by Gasteiger charge is -2.36. The van der Waals surface area contributed by atoms with Crippen molar-refractivity contribution in [3.8, 4) is 0 Å². The van der Waals surface area contributed by atoms with Crippen molar-refractivity contribution >= 4 is 34.8 Å². The molecule has 1 heterocycles. The minimum Gasteiger partial charge on any atom is -0.368 e.